The predicted octanol–water partition coefficient (Wildman–Crippen LogP) is 4.40. The lowest BCUT2D eigenvalue weighted by molar-refractivity contribution is 1.11. The highest BCUT2D eigenvalue weighted by molar-refractivity contribution is 7.99. The van der Waals surface area contributed by atoms with Crippen LogP contribution in [0.25, 0.3) is 10.1 Å². The topological polar surface area (TPSA) is 0 Å². The van der Waals surface area contributed by atoms with Gasteiger partial charge in [0.25, 0.3) is 0 Å². The van der Waals surface area contributed by atoms with E-state index < -0.39 is 0 Å². The standard InChI is InChI=1S/C11H12S2/c1-2-7-12-11-8-13-10-6-4-3-5-9(10)11/h3-6,8H,2,7H2,1H3. The Morgan fingerprint density at radius 2 is 2.15 bits per heavy atom. The third-order valence-electron chi connectivity index (χ3n) is 1.91. The maximum atomic E-state index is 2.27. The van der Waals surface area contributed by atoms with Crippen LogP contribution >= 0.6 is 23.1 Å². The van der Waals surface area contributed by atoms with Crippen LogP contribution in [0.1, 0.15) is 13.3 Å². The molecule has 0 amide bonds. The van der Waals surface area contributed by atoms with Gasteiger partial charge in [-0.2, -0.15) is 0 Å². The summed E-state index contributed by atoms with van der Waals surface area (Å²) >= 11 is 3.81. The molecule has 0 spiro atoms. The third kappa shape index (κ3) is 1.89. The van der Waals surface area contributed by atoms with Gasteiger partial charge in [-0.1, -0.05) is 25.1 Å². The maximum Gasteiger partial charge on any atom is 0.0354 e. The zero-order valence-electron chi connectivity index (χ0n) is 7.62. The van der Waals surface area contributed by atoms with Gasteiger partial charge < -0.3 is 0 Å². The van der Waals surface area contributed by atoms with Crippen molar-refractivity contribution in [3.63, 3.8) is 0 Å². The highest BCUT2D eigenvalue weighted by Gasteiger charge is 2.01. The molecule has 2 heteroatoms. The molecule has 0 radical (unpaired) electrons. The summed E-state index contributed by atoms with van der Waals surface area (Å²) in [5.74, 6) is 1.22. The fourth-order valence-corrected chi connectivity index (χ4v) is 3.34. The van der Waals surface area contributed by atoms with Crippen LogP contribution < -0.4 is 0 Å². The van der Waals surface area contributed by atoms with Crippen molar-refractivity contribution >= 4 is 33.2 Å². The first-order valence-corrected chi connectivity index (χ1v) is 6.37. The van der Waals surface area contributed by atoms with E-state index in [0.29, 0.717) is 0 Å². The summed E-state index contributed by atoms with van der Waals surface area (Å²) in [6.45, 7) is 2.22. The number of benzene rings is 1. The van der Waals surface area contributed by atoms with Crippen LogP contribution in [0.3, 0.4) is 0 Å². The quantitative estimate of drug-likeness (QED) is 0.674. The molecule has 0 fully saturated rings. The number of thioether (sulfide) groups is 1. The van der Waals surface area contributed by atoms with Crippen molar-refractivity contribution in [2.24, 2.45) is 0 Å². The Hall–Kier alpha value is -0.470. The molecule has 0 aliphatic carbocycles. The minimum Gasteiger partial charge on any atom is -0.143 e. The molecule has 68 valence electrons. The summed E-state index contributed by atoms with van der Waals surface area (Å²) in [7, 11) is 0. The van der Waals surface area contributed by atoms with Crippen LogP contribution in [0.4, 0.5) is 0 Å². The van der Waals surface area contributed by atoms with E-state index in [0.717, 1.165) is 0 Å². The van der Waals surface area contributed by atoms with E-state index in [1.807, 2.05) is 23.1 Å². The van der Waals surface area contributed by atoms with E-state index in [1.165, 1.54) is 27.2 Å². The zero-order valence-corrected chi connectivity index (χ0v) is 9.25. The number of rotatable bonds is 3. The summed E-state index contributed by atoms with van der Waals surface area (Å²) in [4.78, 5) is 1.45. The van der Waals surface area contributed by atoms with Gasteiger partial charge >= 0.3 is 0 Å². The molecule has 0 unspecified atom stereocenters. The van der Waals surface area contributed by atoms with Crippen molar-refractivity contribution in [3.05, 3.63) is 29.6 Å². The Morgan fingerprint density at radius 1 is 1.31 bits per heavy atom. The maximum absolute atomic E-state index is 2.27. The van der Waals surface area contributed by atoms with Crippen molar-refractivity contribution in [1.29, 1.82) is 0 Å². The minimum atomic E-state index is 1.22. The average molecular weight is 208 g/mol. The van der Waals surface area contributed by atoms with Crippen LogP contribution in [0, 0.1) is 0 Å². The second kappa shape index (κ2) is 4.16. The molecule has 1 aromatic carbocycles. The molecule has 0 atom stereocenters. The molecular formula is C11H12S2. The molecule has 0 aliphatic heterocycles. The third-order valence-corrected chi connectivity index (χ3v) is 4.28. The van der Waals surface area contributed by atoms with E-state index in [-0.39, 0.29) is 0 Å². The SMILES string of the molecule is CCCSc1csc2ccccc12. The summed E-state index contributed by atoms with van der Waals surface area (Å²) < 4.78 is 1.40. The average Bonchev–Trinajstić information content (AvgIpc) is 2.58. The van der Waals surface area contributed by atoms with Crippen molar-refractivity contribution in [2.45, 2.75) is 18.2 Å². The van der Waals surface area contributed by atoms with Gasteiger partial charge in [-0.25, -0.2) is 0 Å². The Kier molecular flexibility index (Phi) is 2.91. The molecule has 0 saturated heterocycles. The molecular weight excluding hydrogens is 196 g/mol. The first kappa shape index (κ1) is 9.10. The van der Waals surface area contributed by atoms with Crippen molar-refractivity contribution in [1.82, 2.24) is 0 Å². The Morgan fingerprint density at radius 3 is 3.00 bits per heavy atom. The van der Waals surface area contributed by atoms with Gasteiger partial charge in [-0.15, -0.1) is 23.1 Å². The Balaban J connectivity index is 2.35. The molecule has 2 rings (SSSR count). The van der Waals surface area contributed by atoms with Crippen LogP contribution in [-0.4, -0.2) is 5.75 Å². The fourth-order valence-electron chi connectivity index (χ4n) is 1.28. The molecule has 2 aromatic rings. The molecule has 0 aliphatic rings. The molecule has 13 heavy (non-hydrogen) atoms. The normalized spacial score (nSPS) is 10.8. The van der Waals surface area contributed by atoms with Crippen molar-refractivity contribution in [3.8, 4) is 0 Å². The van der Waals surface area contributed by atoms with Gasteiger partial charge in [-0.3, -0.25) is 0 Å². The highest BCUT2D eigenvalue weighted by Crippen LogP contribution is 2.33. The van der Waals surface area contributed by atoms with E-state index in [1.54, 1.807) is 0 Å². The summed E-state index contributed by atoms with van der Waals surface area (Å²) in [6.07, 6.45) is 1.24. The van der Waals surface area contributed by atoms with Crippen LogP contribution in [-0.2, 0) is 0 Å². The van der Waals surface area contributed by atoms with E-state index in [9.17, 15) is 0 Å². The lowest BCUT2D eigenvalue weighted by Crippen LogP contribution is -1.72. The van der Waals surface area contributed by atoms with Gasteiger partial charge in [0.15, 0.2) is 0 Å². The molecule has 0 nitrogen and oxygen atoms in total. The van der Waals surface area contributed by atoms with Crippen LogP contribution in [0.2, 0.25) is 0 Å². The molecule has 1 heterocycles. The van der Waals surface area contributed by atoms with Gasteiger partial charge in [-0.05, 0) is 18.2 Å². The van der Waals surface area contributed by atoms with Gasteiger partial charge in [0, 0.05) is 20.4 Å². The van der Waals surface area contributed by atoms with E-state index >= 15 is 0 Å². The number of fused-ring (bicyclic) bond motifs is 1. The first-order valence-electron chi connectivity index (χ1n) is 4.51. The second-order valence-corrected chi connectivity index (χ2v) is 4.99. The smallest absolute Gasteiger partial charge is 0.0354 e. The molecule has 1 aromatic heterocycles. The lowest BCUT2D eigenvalue weighted by Gasteiger charge is -1.96. The predicted molar refractivity (Wildman–Crippen MR) is 62.8 cm³/mol. The minimum absolute atomic E-state index is 1.22. The largest absolute Gasteiger partial charge is 0.143 e. The van der Waals surface area contributed by atoms with Crippen molar-refractivity contribution in [2.75, 3.05) is 5.75 Å². The number of hydrogen-bond donors (Lipinski definition) is 0. The number of hydrogen-bond acceptors (Lipinski definition) is 2. The van der Waals surface area contributed by atoms with Crippen molar-refractivity contribution < 1.29 is 0 Å². The van der Waals surface area contributed by atoms with Crippen LogP contribution in [0.5, 0.6) is 0 Å². The molecule has 0 N–H and O–H groups in total. The zero-order chi connectivity index (χ0) is 9.10. The lowest BCUT2D eigenvalue weighted by atomic mass is 10.3. The van der Waals surface area contributed by atoms with Gasteiger partial charge in [0.1, 0.15) is 0 Å². The Labute approximate surface area is 87.0 Å². The highest BCUT2D eigenvalue weighted by atomic mass is 32.2. The van der Waals surface area contributed by atoms with E-state index in [4.69, 9.17) is 0 Å². The Bertz CT molecular complexity index is 390. The molecule has 0 saturated carbocycles. The first-order chi connectivity index (χ1) is 6.42. The number of thiophene rings is 1. The summed E-state index contributed by atoms with van der Waals surface area (Å²) in [5, 5.41) is 3.69. The monoisotopic (exact) mass is 208 g/mol. The molecule has 0 bridgehead atoms. The van der Waals surface area contributed by atoms with Gasteiger partial charge in [0.05, 0.1) is 0 Å². The van der Waals surface area contributed by atoms with Crippen LogP contribution in [0.15, 0.2) is 34.5 Å². The summed E-state index contributed by atoms with van der Waals surface area (Å²) in [5.41, 5.74) is 0. The van der Waals surface area contributed by atoms with Gasteiger partial charge in [0.2, 0.25) is 0 Å². The fraction of sp³-hybridized carbons (Fsp3) is 0.273. The van der Waals surface area contributed by atoms with E-state index in [2.05, 4.69) is 36.6 Å². The second-order valence-electron chi connectivity index (χ2n) is 2.94. The summed E-state index contributed by atoms with van der Waals surface area (Å²) in [6, 6.07) is 8.62.